The van der Waals surface area contributed by atoms with E-state index in [2.05, 4.69) is 10.6 Å². The Kier molecular flexibility index (Phi) is 7.06. The van der Waals surface area contributed by atoms with Crippen LogP contribution in [0.15, 0.2) is 48.5 Å². The van der Waals surface area contributed by atoms with E-state index >= 15 is 0 Å². The van der Waals surface area contributed by atoms with E-state index in [0.717, 1.165) is 16.8 Å². The van der Waals surface area contributed by atoms with E-state index in [1.54, 1.807) is 4.90 Å². The van der Waals surface area contributed by atoms with Gasteiger partial charge in [0.25, 0.3) is 5.91 Å². The van der Waals surface area contributed by atoms with Crippen molar-refractivity contribution < 1.29 is 19.1 Å². The van der Waals surface area contributed by atoms with Crippen molar-refractivity contribution >= 4 is 29.3 Å². The molecule has 0 aliphatic carbocycles. The first-order chi connectivity index (χ1) is 14.4. The Morgan fingerprint density at radius 3 is 2.37 bits per heavy atom. The highest BCUT2D eigenvalue weighted by atomic mass is 16.5. The molecule has 1 aliphatic heterocycles. The molecule has 7 nitrogen and oxygen atoms in total. The number of likely N-dealkylation sites (tertiary alicyclic amines) is 1. The first kappa shape index (κ1) is 21.4. The van der Waals surface area contributed by atoms with Gasteiger partial charge in [0.2, 0.25) is 0 Å². The minimum absolute atomic E-state index is 0.180. The molecule has 0 unspecified atom stereocenters. The third-order valence-electron chi connectivity index (χ3n) is 5.14. The van der Waals surface area contributed by atoms with E-state index in [-0.39, 0.29) is 24.5 Å². The smallest absolute Gasteiger partial charge is 0.321 e. The van der Waals surface area contributed by atoms with Crippen LogP contribution in [0, 0.1) is 19.8 Å². The highest BCUT2D eigenvalue weighted by molar-refractivity contribution is 5.93. The second-order valence-corrected chi connectivity index (χ2v) is 7.53. The maximum Gasteiger partial charge on any atom is 0.321 e. The number of piperidine rings is 1. The van der Waals surface area contributed by atoms with Gasteiger partial charge in [-0.3, -0.25) is 9.59 Å². The molecule has 2 N–H and O–H groups in total. The third-order valence-corrected chi connectivity index (χ3v) is 5.14. The number of hydrogen-bond acceptors (Lipinski definition) is 4. The molecular formula is C23H27N3O4. The normalized spacial score (nSPS) is 14.1. The lowest BCUT2D eigenvalue weighted by molar-refractivity contribution is -0.152. The van der Waals surface area contributed by atoms with E-state index in [4.69, 9.17) is 4.74 Å². The molecule has 0 saturated carbocycles. The Morgan fingerprint density at radius 2 is 1.70 bits per heavy atom. The minimum atomic E-state index is -0.395. The van der Waals surface area contributed by atoms with Crippen LogP contribution in [-0.2, 0) is 14.3 Å². The number of urea groups is 1. The standard InChI is InChI=1S/C23H27N3O4/c1-16-8-9-20(17(2)14-16)25-21(27)15-30-22(28)18-10-12-26(13-11-18)23(29)24-19-6-4-3-5-7-19/h3-9,14,18H,10-13,15H2,1-2H3,(H,24,29)(H,25,27). The number of nitrogens with one attached hydrogen (secondary N) is 2. The van der Waals surface area contributed by atoms with Crippen molar-refractivity contribution in [3.05, 3.63) is 59.7 Å². The molecule has 0 aromatic heterocycles. The molecule has 1 fully saturated rings. The zero-order valence-corrected chi connectivity index (χ0v) is 17.3. The lowest BCUT2D eigenvalue weighted by atomic mass is 9.97. The van der Waals surface area contributed by atoms with Gasteiger partial charge in [-0.05, 0) is 50.5 Å². The van der Waals surface area contributed by atoms with E-state index < -0.39 is 5.97 Å². The van der Waals surface area contributed by atoms with Crippen molar-refractivity contribution in [1.82, 2.24) is 4.90 Å². The summed E-state index contributed by atoms with van der Waals surface area (Å²) in [7, 11) is 0. The zero-order valence-electron chi connectivity index (χ0n) is 17.3. The van der Waals surface area contributed by atoms with Crippen LogP contribution in [0.2, 0.25) is 0 Å². The van der Waals surface area contributed by atoms with Gasteiger partial charge >= 0.3 is 12.0 Å². The molecule has 1 aliphatic rings. The second-order valence-electron chi connectivity index (χ2n) is 7.53. The average molecular weight is 409 g/mol. The van der Waals surface area contributed by atoms with Crippen LogP contribution in [0.25, 0.3) is 0 Å². The molecule has 1 saturated heterocycles. The number of aryl methyl sites for hydroxylation is 2. The van der Waals surface area contributed by atoms with Gasteiger partial charge in [-0.2, -0.15) is 0 Å². The summed E-state index contributed by atoms with van der Waals surface area (Å²) in [6.07, 6.45) is 1.03. The molecule has 2 aromatic carbocycles. The molecule has 3 amide bonds. The molecule has 1 heterocycles. The summed E-state index contributed by atoms with van der Waals surface area (Å²) in [5.74, 6) is -1.07. The van der Waals surface area contributed by atoms with Crippen LogP contribution in [0.5, 0.6) is 0 Å². The summed E-state index contributed by atoms with van der Waals surface area (Å²) in [6.45, 7) is 4.51. The van der Waals surface area contributed by atoms with Crippen molar-refractivity contribution in [3.8, 4) is 0 Å². The highest BCUT2D eigenvalue weighted by Gasteiger charge is 2.28. The van der Waals surface area contributed by atoms with Crippen LogP contribution < -0.4 is 10.6 Å². The molecule has 2 aromatic rings. The van der Waals surface area contributed by atoms with Crippen molar-refractivity contribution in [3.63, 3.8) is 0 Å². The molecule has 30 heavy (non-hydrogen) atoms. The van der Waals surface area contributed by atoms with E-state index in [9.17, 15) is 14.4 Å². The number of hydrogen-bond donors (Lipinski definition) is 2. The van der Waals surface area contributed by atoms with Gasteiger partial charge in [0.05, 0.1) is 5.92 Å². The van der Waals surface area contributed by atoms with Crippen LogP contribution >= 0.6 is 0 Å². The molecule has 158 valence electrons. The Hall–Kier alpha value is -3.35. The fourth-order valence-electron chi connectivity index (χ4n) is 3.44. The fraction of sp³-hybridized carbons (Fsp3) is 0.348. The van der Waals surface area contributed by atoms with Crippen molar-refractivity contribution in [2.45, 2.75) is 26.7 Å². The van der Waals surface area contributed by atoms with Crippen LogP contribution in [0.4, 0.5) is 16.2 Å². The summed E-state index contributed by atoms with van der Waals surface area (Å²) < 4.78 is 5.20. The van der Waals surface area contributed by atoms with E-state index in [1.807, 2.05) is 62.4 Å². The molecule has 3 rings (SSSR count). The number of rotatable bonds is 5. The van der Waals surface area contributed by atoms with Gasteiger partial charge in [0.15, 0.2) is 6.61 Å². The SMILES string of the molecule is Cc1ccc(NC(=O)COC(=O)C2CCN(C(=O)Nc3ccccc3)CC2)c(C)c1. The molecule has 0 atom stereocenters. The number of esters is 1. The lowest BCUT2D eigenvalue weighted by Crippen LogP contribution is -2.43. The van der Waals surface area contributed by atoms with Gasteiger partial charge in [0.1, 0.15) is 0 Å². The number of para-hydroxylation sites is 1. The number of benzene rings is 2. The summed E-state index contributed by atoms with van der Waals surface area (Å²) in [5, 5.41) is 5.61. The number of amides is 3. The van der Waals surface area contributed by atoms with Gasteiger partial charge < -0.3 is 20.3 Å². The monoisotopic (exact) mass is 409 g/mol. The molecule has 0 spiro atoms. The summed E-state index contributed by atoms with van der Waals surface area (Å²) >= 11 is 0. The maximum atomic E-state index is 12.3. The number of carbonyl (C=O) groups excluding carboxylic acids is 3. The number of carbonyl (C=O) groups is 3. The average Bonchev–Trinajstić information content (AvgIpc) is 2.75. The van der Waals surface area contributed by atoms with Crippen molar-refractivity contribution in [1.29, 1.82) is 0 Å². The summed E-state index contributed by atoms with van der Waals surface area (Å²) in [6, 6.07) is 14.8. The van der Waals surface area contributed by atoms with E-state index in [0.29, 0.717) is 31.6 Å². The first-order valence-corrected chi connectivity index (χ1v) is 10.1. The molecule has 7 heteroatoms. The lowest BCUT2D eigenvalue weighted by Gasteiger charge is -2.30. The van der Waals surface area contributed by atoms with Gasteiger partial charge in [0, 0.05) is 24.5 Å². The zero-order chi connectivity index (χ0) is 21.5. The van der Waals surface area contributed by atoms with E-state index in [1.165, 1.54) is 0 Å². The van der Waals surface area contributed by atoms with Crippen LogP contribution in [-0.4, -0.2) is 42.5 Å². The third kappa shape index (κ3) is 5.83. The molecule has 0 radical (unpaired) electrons. The quantitative estimate of drug-likeness (QED) is 0.737. The highest BCUT2D eigenvalue weighted by Crippen LogP contribution is 2.20. The summed E-state index contributed by atoms with van der Waals surface area (Å²) in [5.41, 5.74) is 3.51. The Bertz CT molecular complexity index is 906. The Morgan fingerprint density at radius 1 is 1.00 bits per heavy atom. The number of nitrogens with zero attached hydrogens (tertiary/aromatic N) is 1. The van der Waals surface area contributed by atoms with Gasteiger partial charge in [-0.15, -0.1) is 0 Å². The van der Waals surface area contributed by atoms with Gasteiger partial charge in [-0.1, -0.05) is 35.9 Å². The largest absolute Gasteiger partial charge is 0.455 e. The Balaban J connectivity index is 1.40. The number of ether oxygens (including phenoxy) is 1. The number of anilines is 2. The predicted molar refractivity (Wildman–Crippen MR) is 115 cm³/mol. The van der Waals surface area contributed by atoms with Crippen molar-refractivity contribution in [2.75, 3.05) is 30.3 Å². The first-order valence-electron chi connectivity index (χ1n) is 10.1. The Labute approximate surface area is 176 Å². The fourth-order valence-corrected chi connectivity index (χ4v) is 3.44. The predicted octanol–water partition coefficient (Wildman–Crippen LogP) is 3.73. The topological polar surface area (TPSA) is 87.7 Å². The summed E-state index contributed by atoms with van der Waals surface area (Å²) in [4.78, 5) is 38.4. The van der Waals surface area contributed by atoms with Crippen LogP contribution in [0.3, 0.4) is 0 Å². The maximum absolute atomic E-state index is 12.3. The van der Waals surface area contributed by atoms with Crippen molar-refractivity contribution in [2.24, 2.45) is 5.92 Å². The molecule has 0 bridgehead atoms. The molecular weight excluding hydrogens is 382 g/mol. The van der Waals surface area contributed by atoms with Crippen LogP contribution in [0.1, 0.15) is 24.0 Å². The second kappa shape index (κ2) is 9.91. The minimum Gasteiger partial charge on any atom is -0.455 e. The van der Waals surface area contributed by atoms with Gasteiger partial charge in [-0.25, -0.2) is 4.79 Å².